The van der Waals surface area contributed by atoms with Gasteiger partial charge in [0, 0.05) is 18.0 Å². The van der Waals surface area contributed by atoms with Crippen molar-refractivity contribution in [1.29, 1.82) is 0 Å². The van der Waals surface area contributed by atoms with Crippen LogP contribution in [0.2, 0.25) is 0 Å². The lowest BCUT2D eigenvalue weighted by atomic mass is 10.0. The van der Waals surface area contributed by atoms with Crippen molar-refractivity contribution in [3.63, 3.8) is 0 Å². The van der Waals surface area contributed by atoms with Crippen LogP contribution in [0.3, 0.4) is 0 Å². The van der Waals surface area contributed by atoms with Gasteiger partial charge in [0.25, 0.3) is 0 Å². The number of nitrogens with one attached hydrogen (secondary N) is 1. The van der Waals surface area contributed by atoms with E-state index in [0.29, 0.717) is 6.42 Å². The van der Waals surface area contributed by atoms with E-state index < -0.39 is 0 Å². The van der Waals surface area contributed by atoms with E-state index in [4.69, 9.17) is 5.73 Å². The summed E-state index contributed by atoms with van der Waals surface area (Å²) in [6.07, 6.45) is 3.03. The lowest BCUT2D eigenvalue weighted by molar-refractivity contribution is -0.125. The van der Waals surface area contributed by atoms with E-state index in [2.05, 4.69) is 5.32 Å². The Labute approximate surface area is 105 Å². The Balaban J connectivity index is 3.81. The first kappa shape index (κ1) is 16.4. The number of carbonyl (C=O) groups excluding carboxylic acids is 1. The summed E-state index contributed by atoms with van der Waals surface area (Å²) in [6.45, 7) is 7.56. The Morgan fingerprint density at radius 3 is 2.29 bits per heavy atom. The van der Waals surface area contributed by atoms with Crippen molar-refractivity contribution in [2.45, 2.75) is 71.6 Å². The minimum Gasteiger partial charge on any atom is -0.393 e. The molecule has 0 aliphatic rings. The first-order valence-corrected chi connectivity index (χ1v) is 6.57. The van der Waals surface area contributed by atoms with Crippen LogP contribution >= 0.6 is 0 Å². The average Bonchev–Trinajstić information content (AvgIpc) is 2.15. The van der Waals surface area contributed by atoms with Crippen LogP contribution in [0.4, 0.5) is 0 Å². The van der Waals surface area contributed by atoms with Crippen molar-refractivity contribution in [2.75, 3.05) is 0 Å². The van der Waals surface area contributed by atoms with E-state index in [-0.39, 0.29) is 30.0 Å². The van der Waals surface area contributed by atoms with Crippen molar-refractivity contribution >= 4 is 5.91 Å². The Hall–Kier alpha value is -0.610. The highest BCUT2D eigenvalue weighted by atomic mass is 16.3. The van der Waals surface area contributed by atoms with Gasteiger partial charge in [0.1, 0.15) is 0 Å². The molecule has 0 aliphatic heterocycles. The normalized spacial score (nSPS) is 18.2. The number of carbonyl (C=O) groups is 1. The zero-order valence-electron chi connectivity index (χ0n) is 11.6. The van der Waals surface area contributed by atoms with Crippen molar-refractivity contribution in [3.8, 4) is 0 Å². The quantitative estimate of drug-likeness (QED) is 0.604. The van der Waals surface area contributed by atoms with E-state index >= 15 is 0 Å². The minimum absolute atomic E-state index is 0.0187. The van der Waals surface area contributed by atoms with Gasteiger partial charge in [0.2, 0.25) is 5.91 Å². The molecule has 102 valence electrons. The summed E-state index contributed by atoms with van der Waals surface area (Å²) in [5, 5.41) is 12.1. The van der Waals surface area contributed by atoms with Crippen molar-refractivity contribution in [2.24, 2.45) is 11.7 Å². The van der Waals surface area contributed by atoms with Crippen LogP contribution in [0.5, 0.6) is 0 Å². The average molecular weight is 244 g/mol. The maximum absolute atomic E-state index is 11.8. The number of nitrogens with two attached hydrogens (primary N) is 1. The molecule has 0 saturated heterocycles. The zero-order chi connectivity index (χ0) is 13.4. The second kappa shape index (κ2) is 8.48. The SMILES string of the molecule is CC(N)CCCC(C)C(=O)NC(C)CC(C)O. The van der Waals surface area contributed by atoms with Gasteiger partial charge < -0.3 is 16.2 Å². The predicted octanol–water partition coefficient (Wildman–Crippen LogP) is 1.42. The van der Waals surface area contributed by atoms with Gasteiger partial charge in [-0.2, -0.15) is 0 Å². The summed E-state index contributed by atoms with van der Waals surface area (Å²) in [5.41, 5.74) is 5.66. The highest BCUT2D eigenvalue weighted by molar-refractivity contribution is 5.78. The van der Waals surface area contributed by atoms with Crippen LogP contribution in [0.25, 0.3) is 0 Å². The Bertz CT molecular complexity index is 217. The molecule has 0 rings (SSSR count). The van der Waals surface area contributed by atoms with Crippen molar-refractivity contribution < 1.29 is 9.90 Å². The maximum atomic E-state index is 11.8. The summed E-state index contributed by atoms with van der Waals surface area (Å²) >= 11 is 0. The Morgan fingerprint density at radius 1 is 1.24 bits per heavy atom. The lowest BCUT2D eigenvalue weighted by Gasteiger charge is -2.18. The van der Waals surface area contributed by atoms with Gasteiger partial charge >= 0.3 is 0 Å². The topological polar surface area (TPSA) is 75.4 Å². The third-order valence-electron chi connectivity index (χ3n) is 2.83. The second-order valence-corrected chi connectivity index (χ2v) is 5.30. The number of rotatable bonds is 8. The zero-order valence-corrected chi connectivity index (χ0v) is 11.6. The molecule has 0 spiro atoms. The molecule has 4 heteroatoms. The smallest absolute Gasteiger partial charge is 0.223 e. The highest BCUT2D eigenvalue weighted by Crippen LogP contribution is 2.10. The van der Waals surface area contributed by atoms with Crippen LogP contribution in [-0.2, 0) is 4.79 Å². The summed E-state index contributed by atoms with van der Waals surface area (Å²) in [7, 11) is 0. The fourth-order valence-corrected chi connectivity index (χ4v) is 1.83. The van der Waals surface area contributed by atoms with Gasteiger partial charge in [-0.05, 0) is 40.0 Å². The van der Waals surface area contributed by atoms with Crippen LogP contribution in [0.15, 0.2) is 0 Å². The molecule has 4 N–H and O–H groups in total. The fraction of sp³-hybridized carbons (Fsp3) is 0.923. The number of aliphatic hydroxyl groups excluding tert-OH is 1. The molecule has 0 aromatic rings. The third kappa shape index (κ3) is 9.12. The monoisotopic (exact) mass is 244 g/mol. The lowest BCUT2D eigenvalue weighted by Crippen LogP contribution is -2.38. The van der Waals surface area contributed by atoms with Gasteiger partial charge in [-0.15, -0.1) is 0 Å². The van der Waals surface area contributed by atoms with Gasteiger partial charge in [-0.1, -0.05) is 13.3 Å². The molecule has 0 heterocycles. The van der Waals surface area contributed by atoms with Crippen molar-refractivity contribution in [1.82, 2.24) is 5.32 Å². The number of hydrogen-bond donors (Lipinski definition) is 3. The first-order valence-electron chi connectivity index (χ1n) is 6.57. The largest absolute Gasteiger partial charge is 0.393 e. The molecule has 0 aromatic carbocycles. The summed E-state index contributed by atoms with van der Waals surface area (Å²) in [5.74, 6) is 0.0908. The van der Waals surface area contributed by atoms with Crippen LogP contribution in [0.1, 0.15) is 53.4 Å². The molecule has 4 nitrogen and oxygen atoms in total. The molecule has 0 fully saturated rings. The molecule has 0 aromatic heterocycles. The fourth-order valence-electron chi connectivity index (χ4n) is 1.83. The van der Waals surface area contributed by atoms with Crippen LogP contribution in [-0.4, -0.2) is 29.2 Å². The molecule has 0 saturated carbocycles. The predicted molar refractivity (Wildman–Crippen MR) is 70.6 cm³/mol. The van der Waals surface area contributed by atoms with E-state index in [1.54, 1.807) is 6.92 Å². The molecule has 0 aliphatic carbocycles. The molecule has 0 bridgehead atoms. The van der Waals surface area contributed by atoms with Gasteiger partial charge in [0.15, 0.2) is 0 Å². The Kier molecular flexibility index (Phi) is 8.17. The number of aliphatic hydroxyl groups is 1. The summed E-state index contributed by atoms with van der Waals surface area (Å²) in [4.78, 5) is 11.8. The van der Waals surface area contributed by atoms with E-state index in [0.717, 1.165) is 19.3 Å². The summed E-state index contributed by atoms with van der Waals surface area (Å²) < 4.78 is 0. The molecule has 0 radical (unpaired) electrons. The molecular formula is C13H28N2O2. The molecule has 17 heavy (non-hydrogen) atoms. The van der Waals surface area contributed by atoms with Crippen LogP contribution < -0.4 is 11.1 Å². The summed E-state index contributed by atoms with van der Waals surface area (Å²) in [6, 6.07) is 0.234. The standard InChI is InChI=1S/C13H28N2O2/c1-9(6-5-7-10(2)14)13(17)15-11(3)8-12(4)16/h9-12,16H,5-8,14H2,1-4H3,(H,15,17). The van der Waals surface area contributed by atoms with Crippen molar-refractivity contribution in [3.05, 3.63) is 0 Å². The van der Waals surface area contributed by atoms with Gasteiger partial charge in [0.05, 0.1) is 6.10 Å². The molecule has 4 atom stereocenters. The molecule has 4 unspecified atom stereocenters. The van der Waals surface area contributed by atoms with Gasteiger partial charge in [-0.3, -0.25) is 4.79 Å². The second-order valence-electron chi connectivity index (χ2n) is 5.30. The van der Waals surface area contributed by atoms with E-state index in [9.17, 15) is 9.90 Å². The van der Waals surface area contributed by atoms with Crippen LogP contribution in [0, 0.1) is 5.92 Å². The number of hydrogen-bond acceptors (Lipinski definition) is 3. The Morgan fingerprint density at radius 2 is 1.82 bits per heavy atom. The molecule has 1 amide bonds. The third-order valence-corrected chi connectivity index (χ3v) is 2.83. The maximum Gasteiger partial charge on any atom is 0.223 e. The number of amides is 1. The van der Waals surface area contributed by atoms with Gasteiger partial charge in [-0.25, -0.2) is 0 Å². The van der Waals surface area contributed by atoms with E-state index in [1.165, 1.54) is 0 Å². The molecular weight excluding hydrogens is 216 g/mol. The highest BCUT2D eigenvalue weighted by Gasteiger charge is 2.15. The first-order chi connectivity index (χ1) is 7.82. The van der Waals surface area contributed by atoms with E-state index in [1.807, 2.05) is 20.8 Å². The minimum atomic E-state index is -0.376.